The number of likely N-dealkylation sites (tertiary alicyclic amines) is 1. The van der Waals surface area contributed by atoms with Crippen LogP contribution in [0.5, 0.6) is 0 Å². The standard InChI is InChI=1S/C11H21NO/c1-12-8-3-5-10(12)9-11(13-2)6-4-7-11/h10H,3-9H2,1-2H3. The molecule has 0 spiro atoms. The molecule has 2 aliphatic rings. The van der Waals surface area contributed by atoms with Crippen molar-refractivity contribution >= 4 is 0 Å². The van der Waals surface area contributed by atoms with E-state index in [0.717, 1.165) is 6.04 Å². The lowest BCUT2D eigenvalue weighted by Gasteiger charge is -2.43. The fourth-order valence-corrected chi connectivity index (χ4v) is 2.73. The monoisotopic (exact) mass is 183 g/mol. The molecular formula is C11H21NO. The van der Waals surface area contributed by atoms with Gasteiger partial charge in [-0.1, -0.05) is 0 Å². The molecule has 0 aromatic carbocycles. The highest BCUT2D eigenvalue weighted by Crippen LogP contribution is 2.41. The second kappa shape index (κ2) is 3.58. The molecule has 0 aromatic heterocycles. The van der Waals surface area contributed by atoms with Gasteiger partial charge in [0.2, 0.25) is 0 Å². The van der Waals surface area contributed by atoms with Gasteiger partial charge in [0.15, 0.2) is 0 Å². The van der Waals surface area contributed by atoms with Crippen molar-refractivity contribution in [1.82, 2.24) is 4.90 Å². The summed E-state index contributed by atoms with van der Waals surface area (Å²) >= 11 is 0. The summed E-state index contributed by atoms with van der Waals surface area (Å²) in [7, 11) is 4.13. The Hall–Kier alpha value is -0.0800. The number of rotatable bonds is 3. The molecule has 1 aliphatic heterocycles. The van der Waals surface area contributed by atoms with Gasteiger partial charge < -0.3 is 9.64 Å². The van der Waals surface area contributed by atoms with Crippen LogP contribution >= 0.6 is 0 Å². The van der Waals surface area contributed by atoms with Crippen LogP contribution < -0.4 is 0 Å². The van der Waals surface area contributed by atoms with Crippen LogP contribution in [0.4, 0.5) is 0 Å². The van der Waals surface area contributed by atoms with Crippen molar-refractivity contribution in [2.45, 2.75) is 50.2 Å². The molecule has 2 fully saturated rings. The van der Waals surface area contributed by atoms with Crippen molar-refractivity contribution in [2.75, 3.05) is 20.7 Å². The Morgan fingerprint density at radius 2 is 2.15 bits per heavy atom. The molecular weight excluding hydrogens is 162 g/mol. The van der Waals surface area contributed by atoms with Crippen molar-refractivity contribution < 1.29 is 4.74 Å². The molecule has 2 heteroatoms. The summed E-state index contributed by atoms with van der Waals surface area (Å²) in [6.45, 7) is 1.28. The lowest BCUT2D eigenvalue weighted by atomic mass is 9.75. The maximum atomic E-state index is 5.66. The minimum atomic E-state index is 0.267. The van der Waals surface area contributed by atoms with E-state index in [1.54, 1.807) is 0 Å². The molecule has 0 N–H and O–H groups in total. The number of ether oxygens (including phenoxy) is 1. The Labute approximate surface area is 81.3 Å². The molecule has 1 saturated heterocycles. The van der Waals surface area contributed by atoms with E-state index in [1.165, 1.54) is 45.1 Å². The average molecular weight is 183 g/mol. The first-order chi connectivity index (χ1) is 6.26. The van der Waals surface area contributed by atoms with Gasteiger partial charge in [-0.25, -0.2) is 0 Å². The number of nitrogens with zero attached hydrogens (tertiary/aromatic N) is 1. The van der Waals surface area contributed by atoms with Crippen LogP contribution in [-0.4, -0.2) is 37.2 Å². The van der Waals surface area contributed by atoms with E-state index in [4.69, 9.17) is 4.74 Å². The fourth-order valence-electron chi connectivity index (χ4n) is 2.73. The molecule has 0 radical (unpaired) electrons. The molecule has 1 aliphatic carbocycles. The van der Waals surface area contributed by atoms with Gasteiger partial charge in [-0.15, -0.1) is 0 Å². The van der Waals surface area contributed by atoms with Crippen LogP contribution in [0.15, 0.2) is 0 Å². The molecule has 1 saturated carbocycles. The second-order valence-electron chi connectivity index (χ2n) is 4.72. The Bertz CT molecular complexity index is 171. The van der Waals surface area contributed by atoms with Gasteiger partial charge in [-0.05, 0) is 52.1 Å². The van der Waals surface area contributed by atoms with E-state index >= 15 is 0 Å². The van der Waals surface area contributed by atoms with E-state index in [-0.39, 0.29) is 5.60 Å². The third kappa shape index (κ3) is 1.75. The van der Waals surface area contributed by atoms with Crippen LogP contribution in [0.25, 0.3) is 0 Å². The molecule has 76 valence electrons. The van der Waals surface area contributed by atoms with Gasteiger partial charge in [-0.2, -0.15) is 0 Å². The highest BCUT2D eigenvalue weighted by molar-refractivity contribution is 4.94. The van der Waals surface area contributed by atoms with E-state index in [0.29, 0.717) is 0 Å². The van der Waals surface area contributed by atoms with Crippen molar-refractivity contribution in [2.24, 2.45) is 0 Å². The van der Waals surface area contributed by atoms with E-state index in [9.17, 15) is 0 Å². The summed E-state index contributed by atoms with van der Waals surface area (Å²) < 4.78 is 5.66. The molecule has 0 aromatic rings. The lowest BCUT2D eigenvalue weighted by molar-refractivity contribution is -0.0883. The maximum absolute atomic E-state index is 5.66. The highest BCUT2D eigenvalue weighted by atomic mass is 16.5. The highest BCUT2D eigenvalue weighted by Gasteiger charge is 2.40. The van der Waals surface area contributed by atoms with Gasteiger partial charge in [0.05, 0.1) is 5.60 Å². The smallest absolute Gasteiger partial charge is 0.0693 e. The number of hydrogen-bond donors (Lipinski definition) is 0. The van der Waals surface area contributed by atoms with Gasteiger partial charge in [0, 0.05) is 13.2 Å². The van der Waals surface area contributed by atoms with Crippen LogP contribution in [-0.2, 0) is 4.74 Å². The molecule has 0 bridgehead atoms. The Balaban J connectivity index is 1.88. The van der Waals surface area contributed by atoms with Gasteiger partial charge in [-0.3, -0.25) is 0 Å². The molecule has 0 amide bonds. The maximum Gasteiger partial charge on any atom is 0.0693 e. The Kier molecular flexibility index (Phi) is 2.61. The molecule has 2 nitrogen and oxygen atoms in total. The summed E-state index contributed by atoms with van der Waals surface area (Å²) in [4.78, 5) is 2.50. The minimum absolute atomic E-state index is 0.267. The summed E-state index contributed by atoms with van der Waals surface area (Å²) in [5.41, 5.74) is 0.267. The Morgan fingerprint density at radius 1 is 1.38 bits per heavy atom. The van der Waals surface area contributed by atoms with Crippen LogP contribution in [0.3, 0.4) is 0 Å². The van der Waals surface area contributed by atoms with E-state index in [1.807, 2.05) is 7.11 Å². The SMILES string of the molecule is COC1(CC2CCCN2C)CCC1. The first-order valence-electron chi connectivity index (χ1n) is 5.51. The number of methoxy groups -OCH3 is 1. The quantitative estimate of drug-likeness (QED) is 0.664. The van der Waals surface area contributed by atoms with Crippen molar-refractivity contribution in [3.05, 3.63) is 0 Å². The first-order valence-corrected chi connectivity index (χ1v) is 5.51. The zero-order valence-corrected chi connectivity index (χ0v) is 8.88. The zero-order chi connectivity index (χ0) is 9.31. The van der Waals surface area contributed by atoms with Crippen LogP contribution in [0, 0.1) is 0 Å². The summed E-state index contributed by atoms with van der Waals surface area (Å²) in [5.74, 6) is 0. The van der Waals surface area contributed by atoms with Crippen molar-refractivity contribution in [3.8, 4) is 0 Å². The molecule has 1 atom stereocenters. The van der Waals surface area contributed by atoms with E-state index < -0.39 is 0 Å². The summed E-state index contributed by atoms with van der Waals surface area (Å²) in [5, 5.41) is 0. The predicted molar refractivity (Wildman–Crippen MR) is 53.9 cm³/mol. The van der Waals surface area contributed by atoms with Crippen LogP contribution in [0.1, 0.15) is 38.5 Å². The van der Waals surface area contributed by atoms with Crippen LogP contribution in [0.2, 0.25) is 0 Å². The van der Waals surface area contributed by atoms with Gasteiger partial charge in [0.25, 0.3) is 0 Å². The average Bonchev–Trinajstić information content (AvgIpc) is 2.44. The predicted octanol–water partition coefficient (Wildman–Crippen LogP) is 2.04. The topological polar surface area (TPSA) is 12.5 Å². The largest absolute Gasteiger partial charge is 0.378 e. The normalized spacial score (nSPS) is 33.2. The molecule has 2 rings (SSSR count). The van der Waals surface area contributed by atoms with Crippen molar-refractivity contribution in [1.29, 1.82) is 0 Å². The number of hydrogen-bond acceptors (Lipinski definition) is 2. The first kappa shape index (κ1) is 9.47. The molecule has 1 unspecified atom stereocenters. The third-order valence-corrected chi connectivity index (χ3v) is 3.98. The van der Waals surface area contributed by atoms with Crippen molar-refractivity contribution in [3.63, 3.8) is 0 Å². The second-order valence-corrected chi connectivity index (χ2v) is 4.72. The van der Waals surface area contributed by atoms with Gasteiger partial charge >= 0.3 is 0 Å². The molecule has 13 heavy (non-hydrogen) atoms. The van der Waals surface area contributed by atoms with Gasteiger partial charge in [0.1, 0.15) is 0 Å². The summed E-state index contributed by atoms with van der Waals surface area (Å²) in [6, 6.07) is 0.792. The Morgan fingerprint density at radius 3 is 2.54 bits per heavy atom. The zero-order valence-electron chi connectivity index (χ0n) is 8.88. The third-order valence-electron chi connectivity index (χ3n) is 3.98. The fraction of sp³-hybridized carbons (Fsp3) is 1.00. The molecule has 1 heterocycles. The minimum Gasteiger partial charge on any atom is -0.378 e. The van der Waals surface area contributed by atoms with E-state index in [2.05, 4.69) is 11.9 Å². The lowest BCUT2D eigenvalue weighted by Crippen LogP contribution is -2.44. The summed E-state index contributed by atoms with van der Waals surface area (Å²) in [6.07, 6.45) is 7.95.